The summed E-state index contributed by atoms with van der Waals surface area (Å²) >= 11 is 6.08. The van der Waals surface area contributed by atoms with E-state index in [4.69, 9.17) is 11.6 Å². The lowest BCUT2D eigenvalue weighted by atomic mass is 10.1. The Morgan fingerprint density at radius 1 is 1.00 bits per heavy atom. The van der Waals surface area contributed by atoms with Gasteiger partial charge in [-0.3, -0.25) is 4.40 Å². The first-order chi connectivity index (χ1) is 11.1. The van der Waals surface area contributed by atoms with Gasteiger partial charge in [0.25, 0.3) is 0 Å². The molecule has 2 aromatic carbocycles. The third kappa shape index (κ3) is 2.41. The molecule has 4 aromatic rings. The second-order valence-corrected chi connectivity index (χ2v) is 5.86. The molecule has 0 atom stereocenters. The van der Waals surface area contributed by atoms with E-state index in [1.54, 1.807) is 12.1 Å². The quantitative estimate of drug-likeness (QED) is 0.519. The smallest absolute Gasteiger partial charge is 0.214 e. The molecule has 0 aliphatic rings. The van der Waals surface area contributed by atoms with Crippen molar-refractivity contribution in [2.75, 3.05) is 0 Å². The maximum atomic E-state index is 13.0. The van der Waals surface area contributed by atoms with Crippen LogP contribution in [-0.4, -0.2) is 14.0 Å². The Balaban J connectivity index is 1.81. The van der Waals surface area contributed by atoms with Crippen LogP contribution in [0.15, 0.2) is 60.9 Å². The maximum absolute atomic E-state index is 13.0. The highest BCUT2D eigenvalue weighted by molar-refractivity contribution is 6.30. The van der Waals surface area contributed by atoms with Gasteiger partial charge in [-0.2, -0.15) is 0 Å². The van der Waals surface area contributed by atoms with Gasteiger partial charge >= 0.3 is 0 Å². The van der Waals surface area contributed by atoms with Gasteiger partial charge in [-0.15, -0.1) is 0 Å². The van der Waals surface area contributed by atoms with Gasteiger partial charge in [0.2, 0.25) is 5.78 Å². The lowest BCUT2D eigenvalue weighted by molar-refractivity contribution is 0.628. The van der Waals surface area contributed by atoms with Gasteiger partial charge in [-0.1, -0.05) is 23.7 Å². The Hall–Kier alpha value is -2.59. The fourth-order valence-electron chi connectivity index (χ4n) is 2.73. The minimum absolute atomic E-state index is 0.249. The lowest BCUT2D eigenvalue weighted by Gasteiger charge is -2.03. The molecule has 0 radical (unpaired) electrons. The molecule has 0 fully saturated rings. The monoisotopic (exact) mass is 325 g/mol. The van der Waals surface area contributed by atoms with E-state index in [0.29, 0.717) is 5.02 Å². The van der Waals surface area contributed by atoms with Gasteiger partial charge in [0.1, 0.15) is 5.82 Å². The Morgan fingerprint density at radius 2 is 1.78 bits per heavy atom. The van der Waals surface area contributed by atoms with E-state index in [0.717, 1.165) is 28.3 Å². The molecule has 3 nitrogen and oxygen atoms in total. The molecule has 23 heavy (non-hydrogen) atoms. The van der Waals surface area contributed by atoms with Gasteiger partial charge in [-0.25, -0.2) is 9.37 Å². The predicted molar refractivity (Wildman–Crippen MR) is 90.0 cm³/mol. The number of imidazole rings is 2. The summed E-state index contributed by atoms with van der Waals surface area (Å²) in [6.07, 6.45) is 3.96. The number of benzene rings is 2. The summed E-state index contributed by atoms with van der Waals surface area (Å²) in [6.45, 7) is 0. The maximum Gasteiger partial charge on any atom is 0.214 e. The van der Waals surface area contributed by atoms with Crippen molar-refractivity contribution in [1.29, 1.82) is 0 Å². The summed E-state index contributed by atoms with van der Waals surface area (Å²) in [6, 6.07) is 14.1. The molecule has 2 aromatic heterocycles. The fourth-order valence-corrected chi connectivity index (χ4v) is 2.92. The van der Waals surface area contributed by atoms with Crippen LogP contribution < -0.4 is 0 Å². The number of rotatable bonds is 2. The van der Waals surface area contributed by atoms with Crippen molar-refractivity contribution in [3.05, 3.63) is 71.8 Å². The molecule has 0 aliphatic carbocycles. The molecule has 0 unspecified atom stereocenters. The summed E-state index contributed by atoms with van der Waals surface area (Å²) in [4.78, 5) is 4.65. The Bertz CT molecular complexity index is 999. The van der Waals surface area contributed by atoms with Crippen molar-refractivity contribution in [1.82, 2.24) is 14.0 Å². The van der Waals surface area contributed by atoms with Crippen LogP contribution in [-0.2, 0) is 7.05 Å². The standard InChI is InChI=1S/C18H13ClFN3/c1-22-17(13-3-2-4-14(19)9-13)11-23-10-16(21-18(22)23)12-5-7-15(20)8-6-12/h2-11H,1H3. The SMILES string of the molecule is Cn1c(-c2cccc(Cl)c2)cn2cc(-c3ccc(F)cc3)nc12. The number of aryl methyl sites for hydroxylation is 1. The second-order valence-electron chi connectivity index (χ2n) is 5.42. The Labute approximate surface area is 137 Å². The van der Waals surface area contributed by atoms with Crippen LogP contribution in [0, 0.1) is 5.82 Å². The summed E-state index contributed by atoms with van der Waals surface area (Å²) in [7, 11) is 1.97. The van der Waals surface area contributed by atoms with Crippen molar-refractivity contribution in [2.24, 2.45) is 7.05 Å². The summed E-state index contributed by atoms with van der Waals surface area (Å²) in [5.74, 6) is 0.569. The van der Waals surface area contributed by atoms with Gasteiger partial charge in [-0.05, 0) is 36.4 Å². The molecular formula is C18H13ClFN3. The molecule has 4 rings (SSSR count). The first-order valence-corrected chi connectivity index (χ1v) is 7.56. The van der Waals surface area contributed by atoms with E-state index in [1.165, 1.54) is 12.1 Å². The Morgan fingerprint density at radius 3 is 2.48 bits per heavy atom. The molecule has 114 valence electrons. The van der Waals surface area contributed by atoms with E-state index in [9.17, 15) is 4.39 Å². The topological polar surface area (TPSA) is 22.2 Å². The number of halogens is 2. The van der Waals surface area contributed by atoms with E-state index in [1.807, 2.05) is 52.7 Å². The summed E-state index contributed by atoms with van der Waals surface area (Å²) in [5.41, 5.74) is 3.77. The predicted octanol–water partition coefficient (Wildman–Crippen LogP) is 4.80. The minimum Gasteiger partial charge on any atom is -0.313 e. The molecule has 2 heterocycles. The van der Waals surface area contributed by atoms with Crippen LogP contribution >= 0.6 is 11.6 Å². The van der Waals surface area contributed by atoms with Crippen molar-refractivity contribution in [3.63, 3.8) is 0 Å². The third-order valence-corrected chi connectivity index (χ3v) is 4.13. The first-order valence-electron chi connectivity index (χ1n) is 7.18. The molecule has 0 saturated carbocycles. The summed E-state index contributed by atoms with van der Waals surface area (Å²) < 4.78 is 17.0. The number of aromatic nitrogens is 3. The van der Waals surface area contributed by atoms with Gasteiger partial charge in [0, 0.05) is 35.6 Å². The number of hydrogen-bond donors (Lipinski definition) is 0. The molecule has 0 saturated heterocycles. The molecule has 5 heteroatoms. The van der Waals surface area contributed by atoms with Crippen molar-refractivity contribution in [2.45, 2.75) is 0 Å². The summed E-state index contributed by atoms with van der Waals surface area (Å²) in [5, 5.41) is 0.702. The van der Waals surface area contributed by atoms with Gasteiger partial charge in [0.05, 0.1) is 11.4 Å². The van der Waals surface area contributed by atoms with Gasteiger partial charge in [0.15, 0.2) is 0 Å². The molecule has 0 bridgehead atoms. The van der Waals surface area contributed by atoms with Crippen molar-refractivity contribution in [3.8, 4) is 22.5 Å². The van der Waals surface area contributed by atoms with E-state index < -0.39 is 0 Å². The largest absolute Gasteiger partial charge is 0.313 e. The number of hydrogen-bond acceptors (Lipinski definition) is 1. The van der Waals surface area contributed by atoms with E-state index in [-0.39, 0.29) is 5.82 Å². The molecule has 0 spiro atoms. The molecule has 0 aliphatic heterocycles. The Kier molecular flexibility index (Phi) is 3.20. The average molecular weight is 326 g/mol. The zero-order chi connectivity index (χ0) is 16.0. The van der Waals surface area contributed by atoms with Crippen molar-refractivity contribution < 1.29 is 4.39 Å². The van der Waals surface area contributed by atoms with Crippen molar-refractivity contribution >= 4 is 17.4 Å². The number of nitrogens with zero attached hydrogens (tertiary/aromatic N) is 3. The molecule has 0 N–H and O–H groups in total. The zero-order valence-electron chi connectivity index (χ0n) is 12.4. The van der Waals surface area contributed by atoms with Crippen LogP contribution in [0.1, 0.15) is 0 Å². The highest BCUT2D eigenvalue weighted by atomic mass is 35.5. The second kappa shape index (κ2) is 5.25. The zero-order valence-corrected chi connectivity index (χ0v) is 13.1. The molecular weight excluding hydrogens is 313 g/mol. The highest BCUT2D eigenvalue weighted by Gasteiger charge is 2.12. The van der Waals surface area contributed by atoms with Crippen LogP contribution in [0.2, 0.25) is 5.02 Å². The molecule has 0 amide bonds. The first kappa shape index (κ1) is 14.0. The normalized spacial score (nSPS) is 11.3. The van der Waals surface area contributed by atoms with Crippen LogP contribution in [0.5, 0.6) is 0 Å². The lowest BCUT2D eigenvalue weighted by Crippen LogP contribution is -1.92. The van der Waals surface area contributed by atoms with E-state index >= 15 is 0 Å². The minimum atomic E-state index is -0.249. The average Bonchev–Trinajstić information content (AvgIpc) is 3.08. The number of fused-ring (bicyclic) bond motifs is 1. The van der Waals surface area contributed by atoms with E-state index in [2.05, 4.69) is 4.98 Å². The fraction of sp³-hybridized carbons (Fsp3) is 0.0556. The third-order valence-electron chi connectivity index (χ3n) is 3.90. The van der Waals surface area contributed by atoms with Gasteiger partial charge < -0.3 is 4.57 Å². The van der Waals surface area contributed by atoms with Crippen LogP contribution in [0.25, 0.3) is 28.3 Å². The highest BCUT2D eigenvalue weighted by Crippen LogP contribution is 2.27. The van der Waals surface area contributed by atoms with Crippen LogP contribution in [0.4, 0.5) is 4.39 Å². The van der Waals surface area contributed by atoms with Crippen LogP contribution in [0.3, 0.4) is 0 Å².